The van der Waals surface area contributed by atoms with Gasteiger partial charge in [-0.05, 0) is 18.6 Å². The van der Waals surface area contributed by atoms with Gasteiger partial charge < -0.3 is 4.57 Å². The number of hydrogen-bond donors (Lipinski definition) is 0. The second-order valence-electron chi connectivity index (χ2n) is 4.93. The maximum atomic E-state index is 11.4. The standard InChI is InChI=1S/C12H19NO/c1-8-7-10(12(3,4)5)13(6)11(8)9(2)14/h7H,1-6H3. The van der Waals surface area contributed by atoms with Gasteiger partial charge in [-0.15, -0.1) is 0 Å². The number of rotatable bonds is 1. The van der Waals surface area contributed by atoms with Gasteiger partial charge in [0.2, 0.25) is 0 Å². The molecule has 0 amide bonds. The maximum Gasteiger partial charge on any atom is 0.176 e. The van der Waals surface area contributed by atoms with E-state index in [1.807, 2.05) is 18.5 Å². The van der Waals surface area contributed by atoms with Crippen LogP contribution in [0.15, 0.2) is 6.07 Å². The van der Waals surface area contributed by atoms with Crippen molar-refractivity contribution in [3.05, 3.63) is 23.0 Å². The van der Waals surface area contributed by atoms with E-state index >= 15 is 0 Å². The van der Waals surface area contributed by atoms with Crippen molar-refractivity contribution in [2.45, 2.75) is 40.0 Å². The molecule has 0 saturated carbocycles. The average Bonchev–Trinajstić information content (AvgIpc) is 2.24. The first-order chi connectivity index (χ1) is 6.25. The minimum atomic E-state index is 0.0905. The van der Waals surface area contributed by atoms with Gasteiger partial charge in [0.1, 0.15) is 0 Å². The molecule has 1 aromatic heterocycles. The summed E-state index contributed by atoms with van der Waals surface area (Å²) in [4.78, 5) is 11.4. The Bertz CT molecular complexity index is 366. The second kappa shape index (κ2) is 3.26. The first kappa shape index (κ1) is 11.0. The van der Waals surface area contributed by atoms with Crippen molar-refractivity contribution in [2.24, 2.45) is 7.05 Å². The summed E-state index contributed by atoms with van der Waals surface area (Å²) < 4.78 is 2.01. The fourth-order valence-electron chi connectivity index (χ4n) is 1.99. The van der Waals surface area contributed by atoms with Crippen LogP contribution in [0.3, 0.4) is 0 Å². The summed E-state index contributed by atoms with van der Waals surface area (Å²) in [6.45, 7) is 10.1. The molecule has 0 unspecified atom stereocenters. The summed E-state index contributed by atoms with van der Waals surface area (Å²) in [5.41, 5.74) is 3.20. The molecule has 0 radical (unpaired) electrons. The Hall–Kier alpha value is -1.05. The maximum absolute atomic E-state index is 11.4. The van der Waals surface area contributed by atoms with Crippen molar-refractivity contribution in [3.63, 3.8) is 0 Å². The van der Waals surface area contributed by atoms with Crippen LogP contribution in [-0.4, -0.2) is 10.4 Å². The Morgan fingerprint density at radius 3 is 2.07 bits per heavy atom. The number of hydrogen-bond acceptors (Lipinski definition) is 1. The van der Waals surface area contributed by atoms with Gasteiger partial charge in [-0.2, -0.15) is 0 Å². The zero-order chi connectivity index (χ0) is 11.1. The van der Waals surface area contributed by atoms with Crippen LogP contribution in [0.2, 0.25) is 0 Å². The van der Waals surface area contributed by atoms with Crippen molar-refractivity contribution < 1.29 is 4.79 Å². The van der Waals surface area contributed by atoms with E-state index in [0.717, 1.165) is 11.3 Å². The highest BCUT2D eigenvalue weighted by Crippen LogP contribution is 2.26. The summed E-state index contributed by atoms with van der Waals surface area (Å²) in [6.07, 6.45) is 0. The molecular formula is C12H19NO. The number of aromatic nitrogens is 1. The van der Waals surface area contributed by atoms with E-state index in [4.69, 9.17) is 0 Å². The molecule has 1 aromatic rings. The molecule has 0 aliphatic heterocycles. The summed E-state index contributed by atoms with van der Waals surface area (Å²) in [7, 11) is 1.96. The molecule has 2 nitrogen and oxygen atoms in total. The largest absolute Gasteiger partial charge is 0.345 e. The number of carbonyl (C=O) groups excluding carboxylic acids is 1. The molecule has 1 rings (SSSR count). The Morgan fingerprint density at radius 2 is 1.86 bits per heavy atom. The molecule has 0 N–H and O–H groups in total. The van der Waals surface area contributed by atoms with Crippen molar-refractivity contribution in [3.8, 4) is 0 Å². The Kier molecular flexibility index (Phi) is 2.57. The second-order valence-corrected chi connectivity index (χ2v) is 4.93. The van der Waals surface area contributed by atoms with Crippen LogP contribution in [-0.2, 0) is 12.5 Å². The molecule has 14 heavy (non-hydrogen) atoms. The van der Waals surface area contributed by atoms with Crippen LogP contribution in [0, 0.1) is 6.92 Å². The fraction of sp³-hybridized carbons (Fsp3) is 0.583. The van der Waals surface area contributed by atoms with Crippen molar-refractivity contribution in [1.29, 1.82) is 0 Å². The third-order valence-corrected chi connectivity index (χ3v) is 2.53. The third-order valence-electron chi connectivity index (χ3n) is 2.53. The topological polar surface area (TPSA) is 22.0 Å². The summed E-state index contributed by atoms with van der Waals surface area (Å²) in [5.74, 6) is 0.139. The molecule has 0 bridgehead atoms. The molecule has 0 saturated heterocycles. The first-order valence-electron chi connectivity index (χ1n) is 4.93. The first-order valence-corrected chi connectivity index (χ1v) is 4.93. The SMILES string of the molecule is CC(=O)c1c(C)cc(C(C)(C)C)n1C. The van der Waals surface area contributed by atoms with E-state index in [1.54, 1.807) is 6.92 Å². The number of carbonyl (C=O) groups is 1. The lowest BCUT2D eigenvalue weighted by atomic mass is 9.92. The van der Waals surface area contributed by atoms with E-state index in [0.29, 0.717) is 0 Å². The summed E-state index contributed by atoms with van der Waals surface area (Å²) >= 11 is 0. The zero-order valence-electron chi connectivity index (χ0n) is 9.93. The lowest BCUT2D eigenvalue weighted by Crippen LogP contribution is -2.17. The monoisotopic (exact) mass is 193 g/mol. The molecular weight excluding hydrogens is 174 g/mol. The van der Waals surface area contributed by atoms with Crippen molar-refractivity contribution in [1.82, 2.24) is 4.57 Å². The summed E-state index contributed by atoms with van der Waals surface area (Å²) in [6, 6.07) is 2.11. The smallest absolute Gasteiger partial charge is 0.176 e. The fourth-order valence-corrected chi connectivity index (χ4v) is 1.99. The zero-order valence-corrected chi connectivity index (χ0v) is 9.93. The predicted octanol–water partition coefficient (Wildman–Crippen LogP) is 2.83. The lowest BCUT2D eigenvalue weighted by Gasteiger charge is -2.20. The van der Waals surface area contributed by atoms with Crippen molar-refractivity contribution in [2.75, 3.05) is 0 Å². The average molecular weight is 193 g/mol. The number of aryl methyl sites for hydroxylation is 1. The van der Waals surface area contributed by atoms with Gasteiger partial charge in [-0.3, -0.25) is 4.79 Å². The normalized spacial score (nSPS) is 11.9. The molecule has 0 spiro atoms. The molecule has 0 aliphatic rings. The van der Waals surface area contributed by atoms with E-state index in [1.165, 1.54) is 5.69 Å². The molecule has 78 valence electrons. The van der Waals surface area contributed by atoms with Gasteiger partial charge in [0, 0.05) is 25.1 Å². The quantitative estimate of drug-likeness (QED) is 0.629. The van der Waals surface area contributed by atoms with E-state index < -0.39 is 0 Å². The van der Waals surface area contributed by atoms with Crippen LogP contribution >= 0.6 is 0 Å². The van der Waals surface area contributed by atoms with Gasteiger partial charge in [-0.1, -0.05) is 20.8 Å². The molecule has 0 fully saturated rings. The number of Topliss-reactive ketones (excluding diaryl/α,β-unsaturated/α-hetero) is 1. The highest BCUT2D eigenvalue weighted by Gasteiger charge is 2.21. The highest BCUT2D eigenvalue weighted by molar-refractivity contribution is 5.94. The predicted molar refractivity (Wildman–Crippen MR) is 58.9 cm³/mol. The van der Waals surface area contributed by atoms with E-state index in [-0.39, 0.29) is 11.2 Å². The van der Waals surface area contributed by atoms with Crippen LogP contribution in [0.1, 0.15) is 49.4 Å². The van der Waals surface area contributed by atoms with Gasteiger partial charge in [0.05, 0.1) is 5.69 Å². The van der Waals surface area contributed by atoms with Crippen LogP contribution in [0.25, 0.3) is 0 Å². The molecule has 0 atom stereocenters. The third kappa shape index (κ3) is 1.74. The molecule has 0 aromatic carbocycles. The molecule has 1 heterocycles. The summed E-state index contributed by atoms with van der Waals surface area (Å²) in [5, 5.41) is 0. The van der Waals surface area contributed by atoms with E-state index in [2.05, 4.69) is 26.8 Å². The van der Waals surface area contributed by atoms with Gasteiger partial charge in [0.25, 0.3) is 0 Å². The van der Waals surface area contributed by atoms with Crippen LogP contribution in [0.5, 0.6) is 0 Å². The lowest BCUT2D eigenvalue weighted by molar-refractivity contribution is 0.100. The van der Waals surface area contributed by atoms with Crippen LogP contribution in [0.4, 0.5) is 0 Å². The van der Waals surface area contributed by atoms with E-state index in [9.17, 15) is 4.79 Å². The van der Waals surface area contributed by atoms with Gasteiger partial charge >= 0.3 is 0 Å². The molecule has 2 heteroatoms. The Balaban J connectivity index is 3.39. The number of nitrogens with zero attached hydrogens (tertiary/aromatic N) is 1. The highest BCUT2D eigenvalue weighted by atomic mass is 16.1. The molecule has 0 aliphatic carbocycles. The minimum Gasteiger partial charge on any atom is -0.345 e. The minimum absolute atomic E-state index is 0.0905. The number of ketones is 1. The van der Waals surface area contributed by atoms with Crippen molar-refractivity contribution >= 4 is 5.78 Å². The van der Waals surface area contributed by atoms with Gasteiger partial charge in [-0.25, -0.2) is 0 Å². The van der Waals surface area contributed by atoms with Crippen LogP contribution < -0.4 is 0 Å². The Labute approximate surface area is 85.9 Å². The van der Waals surface area contributed by atoms with Gasteiger partial charge in [0.15, 0.2) is 5.78 Å². The Morgan fingerprint density at radius 1 is 1.36 bits per heavy atom.